The summed E-state index contributed by atoms with van der Waals surface area (Å²) in [6.07, 6.45) is 0.468. The van der Waals surface area contributed by atoms with Crippen molar-refractivity contribution in [3.8, 4) is 0 Å². The van der Waals surface area contributed by atoms with Crippen molar-refractivity contribution in [3.05, 3.63) is 47.5 Å². The van der Waals surface area contributed by atoms with Crippen LogP contribution < -0.4 is 5.73 Å². The molecule has 1 atom stereocenters. The van der Waals surface area contributed by atoms with E-state index >= 15 is 0 Å². The smallest absolute Gasteiger partial charge is 0.410 e. The van der Waals surface area contributed by atoms with E-state index in [1.54, 1.807) is 4.90 Å². The highest BCUT2D eigenvalue weighted by Crippen LogP contribution is 2.30. The lowest BCUT2D eigenvalue weighted by atomic mass is 9.96. The van der Waals surface area contributed by atoms with E-state index in [9.17, 15) is 4.79 Å². The maximum atomic E-state index is 12.4. The Morgan fingerprint density at radius 3 is 2.52 bits per heavy atom. The molecule has 4 nitrogen and oxygen atoms in total. The van der Waals surface area contributed by atoms with E-state index in [0.29, 0.717) is 13.1 Å². The Balaban J connectivity index is 1.94. The molecule has 0 saturated carbocycles. The lowest BCUT2D eigenvalue weighted by Gasteiger charge is -2.26. The van der Waals surface area contributed by atoms with Gasteiger partial charge in [-0.1, -0.05) is 24.3 Å². The minimum absolute atomic E-state index is 0.0537. The van der Waals surface area contributed by atoms with Gasteiger partial charge in [0.1, 0.15) is 5.60 Å². The lowest BCUT2D eigenvalue weighted by Crippen LogP contribution is -2.36. The first-order valence-corrected chi connectivity index (χ1v) is 8.08. The maximum absolute atomic E-state index is 12.4. The van der Waals surface area contributed by atoms with E-state index in [1.807, 2.05) is 32.9 Å². The molecule has 0 fully saturated rings. The zero-order valence-electron chi connectivity index (χ0n) is 14.0. The third-order valence-corrected chi connectivity index (χ3v) is 4.13. The molecule has 0 radical (unpaired) electrons. The van der Waals surface area contributed by atoms with Crippen LogP contribution in [0.1, 0.15) is 44.4 Å². The molecule has 0 bridgehead atoms. The number of nitrogens with zero attached hydrogens (tertiary/aromatic N) is 1. The molecule has 0 unspecified atom stereocenters. The van der Waals surface area contributed by atoms with E-state index in [1.165, 1.54) is 10.8 Å². The standard InChI is InChI=1S/C19H24N2O2/c1-19(2,3)23-18(22)21-9-8-17(20)16-11-14-7-5-4-6-13(14)10-15(16)12-21/h4-7,10-11,17H,8-9,12,20H2,1-3H3/t17-/m0/s1. The molecule has 0 aromatic heterocycles. The number of ether oxygens (including phenoxy) is 1. The Kier molecular flexibility index (Phi) is 4.02. The second-order valence-corrected chi connectivity index (χ2v) is 7.20. The van der Waals surface area contributed by atoms with Crippen LogP contribution in [0.25, 0.3) is 10.8 Å². The van der Waals surface area contributed by atoms with Crippen LogP contribution in [-0.2, 0) is 11.3 Å². The van der Waals surface area contributed by atoms with Crippen molar-refractivity contribution in [2.24, 2.45) is 5.73 Å². The van der Waals surface area contributed by atoms with Gasteiger partial charge in [-0.2, -0.15) is 0 Å². The SMILES string of the molecule is CC(C)(C)OC(=O)N1CC[C@H](N)c2cc3ccccc3cc2C1. The number of amides is 1. The monoisotopic (exact) mass is 312 g/mol. The normalized spacial score (nSPS) is 18.4. The van der Waals surface area contributed by atoms with Crippen LogP contribution in [0.3, 0.4) is 0 Å². The summed E-state index contributed by atoms with van der Waals surface area (Å²) in [7, 11) is 0. The summed E-state index contributed by atoms with van der Waals surface area (Å²) in [6.45, 7) is 6.81. The van der Waals surface area contributed by atoms with Crippen molar-refractivity contribution in [1.82, 2.24) is 4.90 Å². The zero-order chi connectivity index (χ0) is 16.6. The summed E-state index contributed by atoms with van der Waals surface area (Å²) in [5.41, 5.74) is 8.10. The molecular weight excluding hydrogens is 288 g/mol. The Hall–Kier alpha value is -2.07. The molecule has 1 heterocycles. The molecule has 1 amide bonds. The molecule has 2 aromatic carbocycles. The number of carbonyl (C=O) groups is 1. The minimum Gasteiger partial charge on any atom is -0.444 e. The number of benzene rings is 2. The fourth-order valence-corrected chi connectivity index (χ4v) is 3.00. The van der Waals surface area contributed by atoms with Crippen LogP contribution in [0.5, 0.6) is 0 Å². The van der Waals surface area contributed by atoms with Crippen molar-refractivity contribution >= 4 is 16.9 Å². The van der Waals surface area contributed by atoms with Gasteiger partial charge in [-0.25, -0.2) is 4.79 Å². The van der Waals surface area contributed by atoms with E-state index in [4.69, 9.17) is 10.5 Å². The van der Waals surface area contributed by atoms with Gasteiger partial charge in [0.15, 0.2) is 0 Å². The van der Waals surface area contributed by atoms with Gasteiger partial charge in [0, 0.05) is 19.1 Å². The van der Waals surface area contributed by atoms with Crippen molar-refractivity contribution < 1.29 is 9.53 Å². The molecule has 3 rings (SSSR count). The molecular formula is C19H24N2O2. The molecule has 4 heteroatoms. The second-order valence-electron chi connectivity index (χ2n) is 7.20. The largest absolute Gasteiger partial charge is 0.444 e. The first-order chi connectivity index (χ1) is 10.8. The van der Waals surface area contributed by atoms with Gasteiger partial charge in [0.25, 0.3) is 0 Å². The van der Waals surface area contributed by atoms with Crippen LogP contribution in [-0.4, -0.2) is 23.1 Å². The number of hydrogen-bond acceptors (Lipinski definition) is 3. The summed E-state index contributed by atoms with van der Waals surface area (Å²) in [4.78, 5) is 14.2. The average molecular weight is 312 g/mol. The fourth-order valence-electron chi connectivity index (χ4n) is 3.00. The number of nitrogens with two attached hydrogens (primary N) is 1. The molecule has 2 N–H and O–H groups in total. The predicted molar refractivity (Wildman–Crippen MR) is 92.1 cm³/mol. The quantitative estimate of drug-likeness (QED) is 0.800. The summed E-state index contributed by atoms with van der Waals surface area (Å²) in [5.74, 6) is 0. The van der Waals surface area contributed by atoms with Crippen molar-refractivity contribution in [1.29, 1.82) is 0 Å². The first-order valence-electron chi connectivity index (χ1n) is 8.08. The van der Waals surface area contributed by atoms with E-state index < -0.39 is 5.60 Å². The molecule has 0 aliphatic carbocycles. The Morgan fingerprint density at radius 2 is 1.87 bits per heavy atom. The van der Waals surface area contributed by atoms with Crippen molar-refractivity contribution in [2.75, 3.05) is 6.54 Å². The highest BCUT2D eigenvalue weighted by Gasteiger charge is 2.27. The van der Waals surface area contributed by atoms with Gasteiger partial charge in [0.05, 0.1) is 0 Å². The van der Waals surface area contributed by atoms with Crippen LogP contribution in [0.4, 0.5) is 4.79 Å². The minimum atomic E-state index is -0.488. The number of fused-ring (bicyclic) bond motifs is 2. The van der Waals surface area contributed by atoms with E-state index in [2.05, 4.69) is 24.3 Å². The van der Waals surface area contributed by atoms with Gasteiger partial charge in [-0.15, -0.1) is 0 Å². The van der Waals surface area contributed by atoms with E-state index in [-0.39, 0.29) is 12.1 Å². The van der Waals surface area contributed by atoms with Gasteiger partial charge < -0.3 is 15.4 Å². The van der Waals surface area contributed by atoms with Crippen LogP contribution in [0, 0.1) is 0 Å². The topological polar surface area (TPSA) is 55.6 Å². The average Bonchev–Trinajstić information content (AvgIpc) is 2.63. The van der Waals surface area contributed by atoms with Crippen LogP contribution in [0.15, 0.2) is 36.4 Å². The number of carbonyl (C=O) groups excluding carboxylic acids is 1. The fraction of sp³-hybridized carbons (Fsp3) is 0.421. The third-order valence-electron chi connectivity index (χ3n) is 4.13. The van der Waals surface area contributed by atoms with Gasteiger partial charge in [-0.05, 0) is 61.2 Å². The Labute approximate surface area is 137 Å². The number of hydrogen-bond donors (Lipinski definition) is 1. The van der Waals surface area contributed by atoms with E-state index in [0.717, 1.165) is 17.5 Å². The molecule has 23 heavy (non-hydrogen) atoms. The molecule has 2 aromatic rings. The van der Waals surface area contributed by atoms with Crippen LogP contribution >= 0.6 is 0 Å². The molecule has 122 valence electrons. The second kappa shape index (κ2) is 5.85. The van der Waals surface area contributed by atoms with Gasteiger partial charge in [0.2, 0.25) is 0 Å². The lowest BCUT2D eigenvalue weighted by molar-refractivity contribution is 0.0235. The van der Waals surface area contributed by atoms with Crippen molar-refractivity contribution in [2.45, 2.75) is 45.4 Å². The maximum Gasteiger partial charge on any atom is 0.410 e. The van der Waals surface area contributed by atoms with Gasteiger partial charge >= 0.3 is 6.09 Å². The van der Waals surface area contributed by atoms with Crippen molar-refractivity contribution in [3.63, 3.8) is 0 Å². The summed E-state index contributed by atoms with van der Waals surface area (Å²) >= 11 is 0. The zero-order valence-corrected chi connectivity index (χ0v) is 14.0. The molecule has 0 spiro atoms. The predicted octanol–water partition coefficient (Wildman–Crippen LogP) is 3.98. The summed E-state index contributed by atoms with van der Waals surface area (Å²) in [6, 6.07) is 12.5. The van der Waals surface area contributed by atoms with Gasteiger partial charge in [-0.3, -0.25) is 0 Å². The summed E-state index contributed by atoms with van der Waals surface area (Å²) in [5, 5.41) is 2.36. The third kappa shape index (κ3) is 3.48. The first kappa shape index (κ1) is 15.8. The Bertz CT molecular complexity index is 734. The molecule has 1 aliphatic heterocycles. The number of rotatable bonds is 0. The summed E-state index contributed by atoms with van der Waals surface area (Å²) < 4.78 is 5.52. The highest BCUT2D eigenvalue weighted by molar-refractivity contribution is 5.84. The molecule has 0 saturated heterocycles. The molecule has 1 aliphatic rings. The van der Waals surface area contributed by atoms with Crippen LogP contribution in [0.2, 0.25) is 0 Å². The Morgan fingerprint density at radius 1 is 1.22 bits per heavy atom. The highest BCUT2D eigenvalue weighted by atomic mass is 16.6.